The summed E-state index contributed by atoms with van der Waals surface area (Å²) in [4.78, 5) is 31.2. The molecule has 2 heterocycles. The number of likely N-dealkylation sites (tertiary alicyclic amines) is 1. The van der Waals surface area contributed by atoms with Crippen molar-refractivity contribution < 1.29 is 9.59 Å². The number of benzene rings is 1. The molecule has 0 radical (unpaired) electrons. The molecule has 4 rings (SSSR count). The summed E-state index contributed by atoms with van der Waals surface area (Å²) in [6.07, 6.45) is 8.68. The Labute approximate surface area is 182 Å². The highest BCUT2D eigenvalue weighted by atomic mass is 35.5. The van der Waals surface area contributed by atoms with E-state index in [2.05, 4.69) is 10.3 Å². The zero-order valence-corrected chi connectivity index (χ0v) is 17.6. The van der Waals surface area contributed by atoms with Gasteiger partial charge in [-0.25, -0.2) is 0 Å². The molecule has 2 aliphatic rings. The normalized spacial score (nSPS) is 19.8. The van der Waals surface area contributed by atoms with Gasteiger partial charge in [-0.1, -0.05) is 29.8 Å². The van der Waals surface area contributed by atoms with E-state index in [1.54, 1.807) is 12.3 Å². The van der Waals surface area contributed by atoms with Crippen molar-refractivity contribution in [2.45, 2.75) is 25.7 Å². The van der Waals surface area contributed by atoms with Gasteiger partial charge in [-0.05, 0) is 60.6 Å². The maximum Gasteiger partial charge on any atom is 0.246 e. The first-order chi connectivity index (χ1) is 14.6. The van der Waals surface area contributed by atoms with Crippen LogP contribution in [0.1, 0.15) is 30.5 Å². The first kappa shape index (κ1) is 20.6. The fourth-order valence-corrected chi connectivity index (χ4v) is 4.40. The second kappa shape index (κ2) is 9.00. The first-order valence-corrected chi connectivity index (χ1v) is 10.8. The number of carbonyl (C=O) groups excluding carboxylic acids is 2. The van der Waals surface area contributed by atoms with E-state index < -0.39 is 0 Å². The van der Waals surface area contributed by atoms with Gasteiger partial charge in [-0.15, -0.1) is 0 Å². The van der Waals surface area contributed by atoms with E-state index in [0.29, 0.717) is 24.7 Å². The molecule has 6 heteroatoms. The lowest BCUT2D eigenvalue weighted by Crippen LogP contribution is -2.40. The molecule has 1 saturated heterocycles. The Kier molecular flexibility index (Phi) is 6.18. The molecule has 156 valence electrons. The van der Waals surface area contributed by atoms with Crippen molar-refractivity contribution in [3.05, 3.63) is 71.0 Å². The topological polar surface area (TPSA) is 62.3 Å². The average Bonchev–Trinajstić information content (AvgIpc) is 3.47. The van der Waals surface area contributed by atoms with E-state index >= 15 is 0 Å². The lowest BCUT2D eigenvalue weighted by atomic mass is 9.90. The van der Waals surface area contributed by atoms with E-state index in [-0.39, 0.29) is 23.1 Å². The number of nitrogens with one attached hydrogen (secondary N) is 1. The van der Waals surface area contributed by atoms with Crippen LogP contribution in [0.5, 0.6) is 0 Å². The van der Waals surface area contributed by atoms with Crippen LogP contribution < -0.4 is 5.32 Å². The van der Waals surface area contributed by atoms with Gasteiger partial charge in [-0.3, -0.25) is 14.6 Å². The molecule has 30 heavy (non-hydrogen) atoms. The van der Waals surface area contributed by atoms with Crippen LogP contribution in [0.3, 0.4) is 0 Å². The molecule has 1 aliphatic heterocycles. The van der Waals surface area contributed by atoms with Crippen molar-refractivity contribution in [2.24, 2.45) is 11.3 Å². The molecular formula is C24H26ClN3O2. The summed E-state index contributed by atoms with van der Waals surface area (Å²) < 4.78 is 0. The minimum Gasteiger partial charge on any atom is -0.355 e. The molecule has 2 aromatic rings. The molecule has 1 spiro atoms. The quantitative estimate of drug-likeness (QED) is 0.720. The van der Waals surface area contributed by atoms with Crippen molar-refractivity contribution in [1.29, 1.82) is 0 Å². The van der Waals surface area contributed by atoms with Crippen LogP contribution in [0.25, 0.3) is 6.08 Å². The molecule has 5 nitrogen and oxygen atoms in total. The SMILES string of the molecule is O=C(NCCc1ccccn1)C1CC12CCN(C(=O)/C=C/c1ccc(Cl)cc1)CC2. The maximum absolute atomic E-state index is 12.5. The van der Waals surface area contributed by atoms with E-state index in [0.717, 1.165) is 36.9 Å². The second-order valence-electron chi connectivity index (χ2n) is 8.19. The molecular weight excluding hydrogens is 398 g/mol. The summed E-state index contributed by atoms with van der Waals surface area (Å²) in [7, 11) is 0. The molecule has 0 bridgehead atoms. The van der Waals surface area contributed by atoms with Crippen LogP contribution in [0.15, 0.2) is 54.7 Å². The number of pyridine rings is 1. The van der Waals surface area contributed by atoms with Crippen LogP contribution >= 0.6 is 11.6 Å². The number of aromatic nitrogens is 1. The van der Waals surface area contributed by atoms with Gasteiger partial charge in [0, 0.05) is 55.0 Å². The predicted octanol–water partition coefficient (Wildman–Crippen LogP) is 3.74. The minimum atomic E-state index is 0.0248. The Morgan fingerprint density at radius 3 is 2.63 bits per heavy atom. The summed E-state index contributed by atoms with van der Waals surface area (Å²) in [5.74, 6) is 0.258. The third-order valence-electron chi connectivity index (χ3n) is 6.27. The number of carbonyl (C=O) groups is 2. The molecule has 1 unspecified atom stereocenters. The number of nitrogens with zero attached hydrogens (tertiary/aromatic N) is 2. The Balaban J connectivity index is 1.21. The summed E-state index contributed by atoms with van der Waals surface area (Å²) >= 11 is 5.89. The van der Waals surface area contributed by atoms with E-state index in [1.807, 2.05) is 53.4 Å². The Morgan fingerprint density at radius 1 is 1.17 bits per heavy atom. The number of piperidine rings is 1. The van der Waals surface area contributed by atoms with Gasteiger partial charge in [0.15, 0.2) is 0 Å². The number of amides is 2. The third-order valence-corrected chi connectivity index (χ3v) is 6.52. The first-order valence-electron chi connectivity index (χ1n) is 10.5. The predicted molar refractivity (Wildman–Crippen MR) is 118 cm³/mol. The zero-order valence-electron chi connectivity index (χ0n) is 16.9. The Morgan fingerprint density at radius 2 is 1.93 bits per heavy atom. The van der Waals surface area contributed by atoms with Crippen LogP contribution in [0.4, 0.5) is 0 Å². The summed E-state index contributed by atoms with van der Waals surface area (Å²) in [5.41, 5.74) is 2.03. The molecule has 1 atom stereocenters. The minimum absolute atomic E-state index is 0.0248. The van der Waals surface area contributed by atoms with Crippen molar-refractivity contribution >= 4 is 29.5 Å². The highest BCUT2D eigenvalue weighted by molar-refractivity contribution is 6.30. The van der Waals surface area contributed by atoms with E-state index in [1.165, 1.54) is 0 Å². The number of rotatable bonds is 6. The molecule has 1 aliphatic carbocycles. The van der Waals surface area contributed by atoms with Crippen LogP contribution in [0.2, 0.25) is 5.02 Å². The van der Waals surface area contributed by atoms with Crippen LogP contribution in [-0.2, 0) is 16.0 Å². The largest absolute Gasteiger partial charge is 0.355 e. The van der Waals surface area contributed by atoms with Gasteiger partial charge in [0.25, 0.3) is 0 Å². The Hall–Kier alpha value is -2.66. The van der Waals surface area contributed by atoms with Gasteiger partial charge in [-0.2, -0.15) is 0 Å². The number of halogens is 1. The van der Waals surface area contributed by atoms with E-state index in [4.69, 9.17) is 11.6 Å². The standard InChI is InChI=1S/C24H26ClN3O2/c25-19-7-4-18(5-8-19)6-9-22(29)28-15-11-24(12-16-28)17-21(24)23(30)27-14-10-20-3-1-2-13-26-20/h1-9,13,21H,10-12,14-17H2,(H,27,30)/b9-6+. The summed E-state index contributed by atoms with van der Waals surface area (Å²) in [6.45, 7) is 2.03. The molecule has 2 amide bonds. The third kappa shape index (κ3) is 4.90. The molecule has 1 saturated carbocycles. The van der Waals surface area contributed by atoms with Crippen molar-refractivity contribution in [2.75, 3.05) is 19.6 Å². The highest BCUT2D eigenvalue weighted by Gasteiger charge is 2.58. The van der Waals surface area contributed by atoms with Crippen molar-refractivity contribution in [1.82, 2.24) is 15.2 Å². The second-order valence-corrected chi connectivity index (χ2v) is 8.63. The van der Waals surface area contributed by atoms with Gasteiger partial charge in [0.05, 0.1) is 0 Å². The molecule has 1 aromatic carbocycles. The van der Waals surface area contributed by atoms with Crippen molar-refractivity contribution in [3.8, 4) is 0 Å². The maximum atomic E-state index is 12.5. The molecule has 1 aromatic heterocycles. The van der Waals surface area contributed by atoms with Gasteiger partial charge in [0.1, 0.15) is 0 Å². The number of hydrogen-bond donors (Lipinski definition) is 1. The van der Waals surface area contributed by atoms with Gasteiger partial charge < -0.3 is 10.2 Å². The highest BCUT2D eigenvalue weighted by Crippen LogP contribution is 2.59. The monoisotopic (exact) mass is 423 g/mol. The Bertz CT molecular complexity index is 919. The molecule has 1 N–H and O–H groups in total. The van der Waals surface area contributed by atoms with E-state index in [9.17, 15) is 9.59 Å². The fourth-order valence-electron chi connectivity index (χ4n) is 4.27. The molecule has 2 fully saturated rings. The van der Waals surface area contributed by atoms with Crippen LogP contribution in [0, 0.1) is 11.3 Å². The average molecular weight is 424 g/mol. The van der Waals surface area contributed by atoms with Gasteiger partial charge in [0.2, 0.25) is 11.8 Å². The van der Waals surface area contributed by atoms with Crippen molar-refractivity contribution in [3.63, 3.8) is 0 Å². The summed E-state index contributed by atoms with van der Waals surface area (Å²) in [6, 6.07) is 13.2. The zero-order chi connectivity index (χ0) is 21.0. The summed E-state index contributed by atoms with van der Waals surface area (Å²) in [5, 5.41) is 3.74. The smallest absolute Gasteiger partial charge is 0.246 e. The fraction of sp³-hybridized carbons (Fsp3) is 0.375. The lowest BCUT2D eigenvalue weighted by Gasteiger charge is -2.32. The lowest BCUT2D eigenvalue weighted by molar-refractivity contribution is -0.127. The van der Waals surface area contributed by atoms with Crippen LogP contribution in [-0.4, -0.2) is 41.3 Å². The number of hydrogen-bond acceptors (Lipinski definition) is 3. The van der Waals surface area contributed by atoms with Gasteiger partial charge >= 0.3 is 0 Å².